The van der Waals surface area contributed by atoms with Crippen molar-refractivity contribution >= 4 is 17.8 Å². The minimum atomic E-state index is -0.967. The molecule has 3 rings (SSSR count). The highest BCUT2D eigenvalue weighted by Gasteiger charge is 2.60. The number of nitrogens with zero attached hydrogens (tertiary/aromatic N) is 1. The lowest BCUT2D eigenvalue weighted by molar-refractivity contribution is -0.146. The third-order valence-corrected chi connectivity index (χ3v) is 4.75. The van der Waals surface area contributed by atoms with E-state index in [1.165, 1.54) is 4.90 Å². The standard InChI is InChI=1S/C14H17NO4/c1-2-9(6-10(16)17)15-13(18)11-7-3-4-8(5-7)12(11)14(15)19/h3-4,7-9,11-12H,2,5-6H2,1H3,(H,16,17). The van der Waals surface area contributed by atoms with Gasteiger partial charge in [0.1, 0.15) is 0 Å². The van der Waals surface area contributed by atoms with Crippen LogP contribution in [0.4, 0.5) is 0 Å². The van der Waals surface area contributed by atoms with Crippen molar-refractivity contribution in [3.05, 3.63) is 12.2 Å². The topological polar surface area (TPSA) is 74.7 Å². The lowest BCUT2D eigenvalue weighted by Crippen LogP contribution is -2.42. The van der Waals surface area contributed by atoms with Crippen molar-refractivity contribution in [1.82, 2.24) is 4.90 Å². The number of allylic oxidation sites excluding steroid dienone is 2. The molecule has 5 heteroatoms. The van der Waals surface area contributed by atoms with Crippen LogP contribution in [-0.2, 0) is 14.4 Å². The van der Waals surface area contributed by atoms with Gasteiger partial charge in [0.15, 0.2) is 0 Å². The van der Waals surface area contributed by atoms with Crippen LogP contribution < -0.4 is 0 Å². The molecular formula is C14H17NO4. The monoisotopic (exact) mass is 263 g/mol. The highest BCUT2D eigenvalue weighted by atomic mass is 16.4. The Morgan fingerprint density at radius 1 is 1.32 bits per heavy atom. The molecule has 19 heavy (non-hydrogen) atoms. The number of likely N-dealkylation sites (tertiary alicyclic amines) is 1. The van der Waals surface area contributed by atoms with Crippen LogP contribution in [0.3, 0.4) is 0 Å². The first kappa shape index (κ1) is 12.4. The maximum atomic E-state index is 12.4. The highest BCUT2D eigenvalue weighted by Crippen LogP contribution is 2.53. The molecule has 0 spiro atoms. The first-order valence-electron chi connectivity index (χ1n) is 6.81. The van der Waals surface area contributed by atoms with Gasteiger partial charge in [0.2, 0.25) is 11.8 Å². The van der Waals surface area contributed by atoms with Crippen molar-refractivity contribution in [3.8, 4) is 0 Å². The van der Waals surface area contributed by atoms with Gasteiger partial charge in [0.25, 0.3) is 0 Å². The van der Waals surface area contributed by atoms with E-state index in [0.717, 1.165) is 6.42 Å². The summed E-state index contributed by atoms with van der Waals surface area (Å²) in [4.78, 5) is 37.0. The zero-order valence-corrected chi connectivity index (χ0v) is 10.8. The normalized spacial score (nSPS) is 37.0. The largest absolute Gasteiger partial charge is 0.481 e. The first-order valence-corrected chi connectivity index (χ1v) is 6.81. The van der Waals surface area contributed by atoms with E-state index in [-0.39, 0.29) is 41.9 Å². The second-order valence-corrected chi connectivity index (χ2v) is 5.71. The van der Waals surface area contributed by atoms with E-state index in [4.69, 9.17) is 5.11 Å². The van der Waals surface area contributed by atoms with E-state index in [2.05, 4.69) is 0 Å². The van der Waals surface area contributed by atoms with Gasteiger partial charge in [-0.25, -0.2) is 0 Å². The van der Waals surface area contributed by atoms with Gasteiger partial charge in [-0.15, -0.1) is 0 Å². The number of imide groups is 1. The fourth-order valence-electron chi connectivity index (χ4n) is 3.91. The lowest BCUT2D eigenvalue weighted by atomic mass is 9.85. The van der Waals surface area contributed by atoms with Crippen molar-refractivity contribution in [3.63, 3.8) is 0 Å². The Morgan fingerprint density at radius 3 is 2.26 bits per heavy atom. The van der Waals surface area contributed by atoms with Gasteiger partial charge in [-0.05, 0) is 24.7 Å². The van der Waals surface area contributed by atoms with Crippen molar-refractivity contribution in [2.45, 2.75) is 32.2 Å². The third kappa shape index (κ3) is 1.64. The van der Waals surface area contributed by atoms with Crippen molar-refractivity contribution in [2.24, 2.45) is 23.7 Å². The third-order valence-electron chi connectivity index (χ3n) is 4.75. The molecule has 5 nitrogen and oxygen atoms in total. The Kier molecular flexibility index (Phi) is 2.73. The molecule has 2 amide bonds. The fourth-order valence-corrected chi connectivity index (χ4v) is 3.91. The second kappa shape index (κ2) is 4.18. The predicted octanol–water partition coefficient (Wildman–Crippen LogP) is 1.05. The first-order chi connectivity index (χ1) is 9.04. The van der Waals surface area contributed by atoms with Crippen LogP contribution in [0.25, 0.3) is 0 Å². The maximum Gasteiger partial charge on any atom is 0.305 e. The van der Waals surface area contributed by atoms with Gasteiger partial charge in [0.05, 0.1) is 18.3 Å². The molecule has 0 aromatic rings. The summed E-state index contributed by atoms with van der Waals surface area (Å²) in [6.07, 6.45) is 5.32. The molecule has 1 aliphatic heterocycles. The SMILES string of the molecule is CCC(CC(=O)O)N1C(=O)C2C3C=CC(C3)C2C1=O. The van der Waals surface area contributed by atoms with Gasteiger partial charge >= 0.3 is 5.97 Å². The summed E-state index contributed by atoms with van der Waals surface area (Å²) < 4.78 is 0. The summed E-state index contributed by atoms with van der Waals surface area (Å²) in [7, 11) is 0. The lowest BCUT2D eigenvalue weighted by Gasteiger charge is -2.25. The molecule has 5 atom stereocenters. The number of carbonyl (C=O) groups excluding carboxylic acids is 2. The summed E-state index contributed by atoms with van der Waals surface area (Å²) in [6, 6.07) is -0.498. The maximum absolute atomic E-state index is 12.4. The summed E-state index contributed by atoms with van der Waals surface area (Å²) >= 11 is 0. The summed E-state index contributed by atoms with van der Waals surface area (Å²) in [5.74, 6) is -1.38. The summed E-state index contributed by atoms with van der Waals surface area (Å²) in [6.45, 7) is 1.81. The molecule has 2 fully saturated rings. The Labute approximate surface area is 111 Å². The molecule has 5 unspecified atom stereocenters. The van der Waals surface area contributed by atoms with Crippen molar-refractivity contribution < 1.29 is 19.5 Å². The minimum Gasteiger partial charge on any atom is -0.481 e. The van der Waals surface area contributed by atoms with Gasteiger partial charge in [-0.2, -0.15) is 0 Å². The quantitative estimate of drug-likeness (QED) is 0.607. The van der Waals surface area contributed by atoms with Crippen LogP contribution in [0, 0.1) is 23.7 Å². The van der Waals surface area contributed by atoms with Crippen LogP contribution in [0.2, 0.25) is 0 Å². The molecule has 0 aromatic heterocycles. The molecule has 1 heterocycles. The second-order valence-electron chi connectivity index (χ2n) is 5.71. The average Bonchev–Trinajstić information content (AvgIpc) is 3.01. The number of rotatable bonds is 4. The molecule has 2 aliphatic carbocycles. The molecule has 3 aliphatic rings. The number of fused-ring (bicyclic) bond motifs is 5. The number of carboxylic acids is 1. The Bertz CT molecular complexity index is 454. The Hall–Kier alpha value is -1.65. The predicted molar refractivity (Wildman–Crippen MR) is 65.9 cm³/mol. The zero-order chi connectivity index (χ0) is 13.7. The van der Waals surface area contributed by atoms with E-state index < -0.39 is 12.0 Å². The molecule has 0 aromatic carbocycles. The number of amides is 2. The Balaban J connectivity index is 1.87. The molecule has 1 saturated heterocycles. The molecular weight excluding hydrogens is 246 g/mol. The molecule has 102 valence electrons. The van der Waals surface area contributed by atoms with Gasteiger partial charge < -0.3 is 5.11 Å². The van der Waals surface area contributed by atoms with Crippen LogP contribution in [0.1, 0.15) is 26.2 Å². The van der Waals surface area contributed by atoms with E-state index in [0.29, 0.717) is 6.42 Å². The molecule has 1 N–H and O–H groups in total. The molecule has 0 radical (unpaired) electrons. The van der Waals surface area contributed by atoms with Crippen LogP contribution in [0.15, 0.2) is 12.2 Å². The Morgan fingerprint density at radius 2 is 1.84 bits per heavy atom. The van der Waals surface area contributed by atoms with Gasteiger partial charge in [-0.1, -0.05) is 19.1 Å². The van der Waals surface area contributed by atoms with E-state index in [1.807, 2.05) is 19.1 Å². The van der Waals surface area contributed by atoms with Gasteiger partial charge in [-0.3, -0.25) is 19.3 Å². The minimum absolute atomic E-state index is 0.153. The summed E-state index contributed by atoms with van der Waals surface area (Å²) in [5.41, 5.74) is 0. The number of hydrogen-bond acceptors (Lipinski definition) is 3. The van der Waals surface area contributed by atoms with Gasteiger partial charge in [0, 0.05) is 6.04 Å². The number of hydrogen-bond donors (Lipinski definition) is 1. The highest BCUT2D eigenvalue weighted by molar-refractivity contribution is 6.06. The van der Waals surface area contributed by atoms with E-state index in [1.54, 1.807) is 0 Å². The zero-order valence-electron chi connectivity index (χ0n) is 10.8. The number of carboxylic acid groups (broad SMARTS) is 1. The smallest absolute Gasteiger partial charge is 0.305 e. The average molecular weight is 263 g/mol. The summed E-state index contributed by atoms with van der Waals surface area (Å²) in [5, 5.41) is 8.91. The van der Waals surface area contributed by atoms with Crippen LogP contribution in [-0.4, -0.2) is 33.8 Å². The number of carbonyl (C=O) groups is 3. The fraction of sp³-hybridized carbons (Fsp3) is 0.643. The molecule has 1 saturated carbocycles. The van der Waals surface area contributed by atoms with Crippen LogP contribution in [0.5, 0.6) is 0 Å². The van der Waals surface area contributed by atoms with Crippen LogP contribution >= 0.6 is 0 Å². The van der Waals surface area contributed by atoms with Crippen molar-refractivity contribution in [2.75, 3.05) is 0 Å². The number of aliphatic carboxylic acids is 1. The van der Waals surface area contributed by atoms with E-state index in [9.17, 15) is 14.4 Å². The van der Waals surface area contributed by atoms with E-state index >= 15 is 0 Å². The van der Waals surface area contributed by atoms with Crippen molar-refractivity contribution in [1.29, 1.82) is 0 Å². The molecule has 2 bridgehead atoms.